The molecule has 0 saturated heterocycles. The summed E-state index contributed by atoms with van der Waals surface area (Å²) in [6, 6.07) is 11.1. The molecule has 1 aromatic heterocycles. The standard InChI is InChI=1S/C17H16N2O2S/c20-16(9-8-15-5-2-10-22-15)18-13-3-1-4-14(11-13)19-17(21)12-6-7-12/h1-5,8-12H,6-7H2,(H,18,20)(H,19,21). The number of benzene rings is 1. The molecule has 5 heteroatoms. The van der Waals surface area contributed by atoms with Crippen LogP contribution in [-0.4, -0.2) is 11.8 Å². The van der Waals surface area contributed by atoms with E-state index in [9.17, 15) is 9.59 Å². The zero-order valence-corrected chi connectivity index (χ0v) is 12.7. The van der Waals surface area contributed by atoms with E-state index in [2.05, 4.69) is 10.6 Å². The lowest BCUT2D eigenvalue weighted by molar-refractivity contribution is -0.117. The minimum Gasteiger partial charge on any atom is -0.326 e. The van der Waals surface area contributed by atoms with Gasteiger partial charge in [0.1, 0.15) is 0 Å². The van der Waals surface area contributed by atoms with Gasteiger partial charge in [0.2, 0.25) is 11.8 Å². The number of nitrogens with one attached hydrogen (secondary N) is 2. The Hall–Kier alpha value is -2.40. The van der Waals surface area contributed by atoms with E-state index in [0.29, 0.717) is 11.4 Å². The molecule has 0 radical (unpaired) electrons. The Morgan fingerprint density at radius 1 is 1.09 bits per heavy atom. The van der Waals surface area contributed by atoms with Gasteiger partial charge in [-0.3, -0.25) is 9.59 Å². The number of hydrogen-bond acceptors (Lipinski definition) is 3. The molecular formula is C17H16N2O2S. The predicted octanol–water partition coefficient (Wildman–Crippen LogP) is 3.75. The van der Waals surface area contributed by atoms with Gasteiger partial charge in [-0.15, -0.1) is 11.3 Å². The van der Waals surface area contributed by atoms with Gasteiger partial charge in [0.15, 0.2) is 0 Å². The molecule has 2 aromatic rings. The number of carbonyl (C=O) groups excluding carboxylic acids is 2. The van der Waals surface area contributed by atoms with Crippen molar-refractivity contribution in [1.29, 1.82) is 0 Å². The monoisotopic (exact) mass is 312 g/mol. The first-order valence-electron chi connectivity index (χ1n) is 7.14. The Labute approximate surface area is 132 Å². The highest BCUT2D eigenvalue weighted by Gasteiger charge is 2.29. The van der Waals surface area contributed by atoms with Crippen molar-refractivity contribution in [3.63, 3.8) is 0 Å². The van der Waals surface area contributed by atoms with Crippen LogP contribution >= 0.6 is 11.3 Å². The van der Waals surface area contributed by atoms with E-state index in [1.54, 1.807) is 35.6 Å². The van der Waals surface area contributed by atoms with Gasteiger partial charge >= 0.3 is 0 Å². The molecule has 0 atom stereocenters. The Kier molecular flexibility index (Phi) is 4.34. The van der Waals surface area contributed by atoms with Crippen LogP contribution in [0.3, 0.4) is 0 Å². The SMILES string of the molecule is O=C(C=Cc1cccs1)Nc1cccc(NC(=O)C2CC2)c1. The van der Waals surface area contributed by atoms with Crippen LogP contribution in [0.25, 0.3) is 6.08 Å². The summed E-state index contributed by atoms with van der Waals surface area (Å²) < 4.78 is 0. The second-order valence-electron chi connectivity index (χ2n) is 5.18. The van der Waals surface area contributed by atoms with Crippen LogP contribution in [0.5, 0.6) is 0 Å². The number of rotatable bonds is 5. The molecule has 3 rings (SSSR count). The molecule has 2 amide bonds. The normalized spacial score (nSPS) is 14.0. The van der Waals surface area contributed by atoms with E-state index in [4.69, 9.17) is 0 Å². The van der Waals surface area contributed by atoms with Crippen LogP contribution in [-0.2, 0) is 9.59 Å². The lowest BCUT2D eigenvalue weighted by Crippen LogP contribution is -2.14. The molecule has 1 aliphatic carbocycles. The first kappa shape index (κ1) is 14.5. The van der Waals surface area contributed by atoms with Crippen LogP contribution in [0, 0.1) is 5.92 Å². The van der Waals surface area contributed by atoms with Gasteiger partial charge in [-0.05, 0) is 48.6 Å². The van der Waals surface area contributed by atoms with Gasteiger partial charge in [-0.1, -0.05) is 12.1 Å². The molecule has 22 heavy (non-hydrogen) atoms. The third-order valence-corrected chi connectivity index (χ3v) is 4.13. The molecule has 0 bridgehead atoms. The lowest BCUT2D eigenvalue weighted by Gasteiger charge is -2.07. The van der Waals surface area contributed by atoms with Gasteiger partial charge in [0, 0.05) is 28.2 Å². The fraction of sp³-hybridized carbons (Fsp3) is 0.176. The first-order valence-corrected chi connectivity index (χ1v) is 8.02. The summed E-state index contributed by atoms with van der Waals surface area (Å²) in [7, 11) is 0. The summed E-state index contributed by atoms with van der Waals surface area (Å²) in [5.41, 5.74) is 1.37. The minimum atomic E-state index is -0.195. The van der Waals surface area contributed by atoms with Crippen LogP contribution < -0.4 is 10.6 Å². The fourth-order valence-corrected chi connectivity index (χ4v) is 2.61. The molecular weight excluding hydrogens is 296 g/mol. The molecule has 1 fully saturated rings. The van der Waals surface area contributed by atoms with Crippen molar-refractivity contribution < 1.29 is 9.59 Å². The lowest BCUT2D eigenvalue weighted by atomic mass is 10.2. The highest BCUT2D eigenvalue weighted by atomic mass is 32.1. The van der Waals surface area contributed by atoms with Gasteiger partial charge in [-0.2, -0.15) is 0 Å². The van der Waals surface area contributed by atoms with E-state index in [1.165, 1.54) is 6.08 Å². The molecule has 112 valence electrons. The van der Waals surface area contributed by atoms with Gasteiger partial charge < -0.3 is 10.6 Å². The van der Waals surface area contributed by atoms with E-state index < -0.39 is 0 Å². The van der Waals surface area contributed by atoms with Crippen LogP contribution in [0.15, 0.2) is 47.9 Å². The smallest absolute Gasteiger partial charge is 0.248 e. The number of thiophene rings is 1. The topological polar surface area (TPSA) is 58.2 Å². The Bertz CT molecular complexity index is 703. The number of amides is 2. The highest BCUT2D eigenvalue weighted by molar-refractivity contribution is 7.10. The summed E-state index contributed by atoms with van der Waals surface area (Å²) in [4.78, 5) is 24.6. The maximum Gasteiger partial charge on any atom is 0.248 e. The first-order chi connectivity index (χ1) is 10.7. The largest absolute Gasteiger partial charge is 0.326 e. The van der Waals surface area contributed by atoms with Crippen LogP contribution in [0.2, 0.25) is 0 Å². The minimum absolute atomic E-state index is 0.0565. The van der Waals surface area contributed by atoms with Gasteiger partial charge in [0.25, 0.3) is 0 Å². The molecule has 1 saturated carbocycles. The Morgan fingerprint density at radius 3 is 2.55 bits per heavy atom. The second-order valence-corrected chi connectivity index (χ2v) is 6.16. The molecule has 4 nitrogen and oxygen atoms in total. The van der Waals surface area contributed by atoms with Crippen molar-refractivity contribution in [2.45, 2.75) is 12.8 Å². The highest BCUT2D eigenvalue weighted by Crippen LogP contribution is 2.30. The van der Waals surface area contributed by atoms with E-state index in [1.807, 2.05) is 23.6 Å². The summed E-state index contributed by atoms with van der Waals surface area (Å²) in [6.07, 6.45) is 5.21. The molecule has 0 unspecified atom stereocenters. The average Bonchev–Trinajstić information content (AvgIpc) is 3.23. The Morgan fingerprint density at radius 2 is 1.86 bits per heavy atom. The quantitative estimate of drug-likeness (QED) is 0.826. The third-order valence-electron chi connectivity index (χ3n) is 3.29. The number of hydrogen-bond donors (Lipinski definition) is 2. The van der Waals surface area contributed by atoms with Crippen molar-refractivity contribution >= 4 is 40.6 Å². The molecule has 1 aliphatic rings. The Balaban J connectivity index is 1.59. The maximum atomic E-state index is 11.9. The van der Waals surface area contributed by atoms with E-state index in [0.717, 1.165) is 17.7 Å². The van der Waals surface area contributed by atoms with E-state index >= 15 is 0 Å². The molecule has 0 aliphatic heterocycles. The van der Waals surface area contributed by atoms with Crippen molar-refractivity contribution in [3.05, 3.63) is 52.7 Å². The zero-order chi connectivity index (χ0) is 15.4. The fourth-order valence-electron chi connectivity index (χ4n) is 1.99. The summed E-state index contributed by atoms with van der Waals surface area (Å²) in [6.45, 7) is 0. The van der Waals surface area contributed by atoms with Gasteiger partial charge in [0.05, 0.1) is 0 Å². The van der Waals surface area contributed by atoms with E-state index in [-0.39, 0.29) is 17.7 Å². The summed E-state index contributed by atoms with van der Waals surface area (Å²) in [5, 5.41) is 7.62. The third kappa shape index (κ3) is 4.05. The summed E-state index contributed by atoms with van der Waals surface area (Å²) >= 11 is 1.57. The number of anilines is 2. The second kappa shape index (κ2) is 6.58. The van der Waals surface area contributed by atoms with Crippen LogP contribution in [0.4, 0.5) is 11.4 Å². The van der Waals surface area contributed by atoms with Crippen LogP contribution in [0.1, 0.15) is 17.7 Å². The molecule has 1 heterocycles. The van der Waals surface area contributed by atoms with Crippen molar-refractivity contribution in [1.82, 2.24) is 0 Å². The van der Waals surface area contributed by atoms with Crippen molar-refractivity contribution in [2.75, 3.05) is 10.6 Å². The zero-order valence-electron chi connectivity index (χ0n) is 11.9. The summed E-state index contributed by atoms with van der Waals surface area (Å²) in [5.74, 6) is 0.0205. The molecule has 1 aromatic carbocycles. The molecule has 0 spiro atoms. The van der Waals surface area contributed by atoms with Crippen molar-refractivity contribution in [2.24, 2.45) is 5.92 Å². The predicted molar refractivity (Wildman–Crippen MR) is 89.8 cm³/mol. The molecule has 2 N–H and O–H groups in total. The van der Waals surface area contributed by atoms with Gasteiger partial charge in [-0.25, -0.2) is 0 Å². The maximum absolute atomic E-state index is 11.9. The van der Waals surface area contributed by atoms with Crippen molar-refractivity contribution in [3.8, 4) is 0 Å². The number of carbonyl (C=O) groups is 2. The average molecular weight is 312 g/mol.